The number of rotatable bonds is 3. The molecule has 3 aliphatic rings. The molecule has 1 spiro atoms. The van der Waals surface area contributed by atoms with Crippen LogP contribution in [-0.4, -0.2) is 0 Å². The molecule has 0 aromatic heterocycles. The minimum atomic E-state index is -0.566. The van der Waals surface area contributed by atoms with Crippen LogP contribution in [0.1, 0.15) is 44.5 Å². The van der Waals surface area contributed by atoms with Crippen molar-refractivity contribution >= 4 is 10.8 Å². The van der Waals surface area contributed by atoms with Gasteiger partial charge in [0.2, 0.25) is 0 Å². The van der Waals surface area contributed by atoms with Crippen molar-refractivity contribution in [1.82, 2.24) is 0 Å². The van der Waals surface area contributed by atoms with Crippen molar-refractivity contribution in [2.24, 2.45) is 0 Å². The highest BCUT2D eigenvalue weighted by Crippen LogP contribution is 2.65. The predicted molar refractivity (Wildman–Crippen MR) is 224 cm³/mol. The van der Waals surface area contributed by atoms with Gasteiger partial charge in [-0.15, -0.1) is 0 Å². The zero-order valence-corrected chi connectivity index (χ0v) is 30.0. The number of hydrogen-bond acceptors (Lipinski definition) is 1. The Labute approximate surface area is 320 Å². The van der Waals surface area contributed by atoms with Gasteiger partial charge in [0.1, 0.15) is 11.5 Å². The van der Waals surface area contributed by atoms with E-state index < -0.39 is 10.8 Å². The Kier molecular flexibility index (Phi) is 6.25. The number of para-hydroxylation sites is 1. The van der Waals surface area contributed by atoms with Crippen LogP contribution in [0.2, 0.25) is 0 Å². The molecule has 0 atom stereocenters. The lowest BCUT2D eigenvalue weighted by Crippen LogP contribution is -2.32. The van der Waals surface area contributed by atoms with Gasteiger partial charge in [0.25, 0.3) is 0 Å². The molecule has 1 aliphatic heterocycles. The molecule has 0 unspecified atom stereocenters. The molecule has 0 fully saturated rings. The second-order valence-electron chi connectivity index (χ2n) is 15.0. The number of fused-ring (bicyclic) bond motifs is 14. The van der Waals surface area contributed by atoms with Gasteiger partial charge in [-0.25, -0.2) is 0 Å². The van der Waals surface area contributed by atoms with Crippen molar-refractivity contribution in [2.75, 3.05) is 0 Å². The summed E-state index contributed by atoms with van der Waals surface area (Å²) in [5, 5.41) is 2.30. The SMILES string of the molecule is c1ccc(C2(c3ccccc3)c3ccccc3-c3c(-c4cc5c(c6ccccc46)Oc4ccccc4C54c5ccccc5-c5ccccc54)cccc32)cc1. The molecule has 0 N–H and O–H groups in total. The molecule has 0 bridgehead atoms. The van der Waals surface area contributed by atoms with Gasteiger partial charge in [0.15, 0.2) is 0 Å². The zero-order valence-electron chi connectivity index (χ0n) is 30.0. The predicted octanol–water partition coefficient (Wildman–Crippen LogP) is 13.3. The molecule has 9 aromatic rings. The summed E-state index contributed by atoms with van der Waals surface area (Å²) in [4.78, 5) is 0. The quantitative estimate of drug-likeness (QED) is 0.178. The van der Waals surface area contributed by atoms with E-state index in [1.807, 2.05) is 0 Å². The van der Waals surface area contributed by atoms with E-state index in [9.17, 15) is 0 Å². The first-order chi connectivity index (χ1) is 27.3. The zero-order chi connectivity index (χ0) is 36.1. The van der Waals surface area contributed by atoms with Crippen LogP contribution < -0.4 is 4.74 Å². The first-order valence-corrected chi connectivity index (χ1v) is 19.2. The number of hydrogen-bond donors (Lipinski definition) is 0. The first kappa shape index (κ1) is 30.5. The van der Waals surface area contributed by atoms with E-state index in [2.05, 4.69) is 206 Å². The van der Waals surface area contributed by atoms with E-state index in [0.717, 1.165) is 16.9 Å². The van der Waals surface area contributed by atoms with Crippen LogP contribution in [0.5, 0.6) is 11.5 Å². The van der Waals surface area contributed by atoms with E-state index in [0.29, 0.717) is 0 Å². The molecule has 55 heavy (non-hydrogen) atoms. The molecule has 12 rings (SSSR count). The van der Waals surface area contributed by atoms with Crippen molar-refractivity contribution < 1.29 is 4.74 Å². The van der Waals surface area contributed by atoms with Crippen LogP contribution in [0.25, 0.3) is 44.2 Å². The first-order valence-electron chi connectivity index (χ1n) is 19.2. The van der Waals surface area contributed by atoms with Gasteiger partial charge in [-0.05, 0) is 84.3 Å². The summed E-state index contributed by atoms with van der Waals surface area (Å²) in [6.07, 6.45) is 0. The molecule has 1 heteroatoms. The maximum absolute atomic E-state index is 7.10. The molecule has 1 nitrogen and oxygen atoms in total. The molecule has 0 saturated heterocycles. The normalized spacial score (nSPS) is 14.6. The Morgan fingerprint density at radius 3 is 1.42 bits per heavy atom. The Bertz CT molecular complexity index is 2930. The molecule has 0 amide bonds. The van der Waals surface area contributed by atoms with Gasteiger partial charge in [-0.1, -0.05) is 194 Å². The van der Waals surface area contributed by atoms with Crippen molar-refractivity contribution in [3.8, 4) is 44.9 Å². The fraction of sp³-hybridized carbons (Fsp3) is 0.0370. The van der Waals surface area contributed by atoms with Crippen LogP contribution in [0.15, 0.2) is 206 Å². The van der Waals surface area contributed by atoms with Gasteiger partial charge in [0, 0.05) is 16.5 Å². The molecule has 9 aromatic carbocycles. The summed E-state index contributed by atoms with van der Waals surface area (Å²) in [5.41, 5.74) is 16.6. The van der Waals surface area contributed by atoms with E-state index in [-0.39, 0.29) is 0 Å². The lowest BCUT2D eigenvalue weighted by atomic mass is 9.65. The Morgan fingerprint density at radius 2 is 0.764 bits per heavy atom. The van der Waals surface area contributed by atoms with Gasteiger partial charge in [-0.3, -0.25) is 0 Å². The lowest BCUT2D eigenvalue weighted by Gasteiger charge is -2.40. The van der Waals surface area contributed by atoms with Gasteiger partial charge in [0.05, 0.1) is 10.8 Å². The van der Waals surface area contributed by atoms with Crippen molar-refractivity contribution in [3.05, 3.63) is 251 Å². The van der Waals surface area contributed by atoms with Crippen molar-refractivity contribution in [3.63, 3.8) is 0 Å². The highest BCUT2D eigenvalue weighted by molar-refractivity contribution is 6.08. The third kappa shape index (κ3) is 3.82. The van der Waals surface area contributed by atoms with E-state index in [1.54, 1.807) is 0 Å². The lowest BCUT2D eigenvalue weighted by molar-refractivity contribution is 0.442. The Balaban J connectivity index is 1.23. The minimum Gasteiger partial charge on any atom is -0.456 e. The average Bonchev–Trinajstić information content (AvgIpc) is 3.73. The van der Waals surface area contributed by atoms with Crippen molar-refractivity contribution in [1.29, 1.82) is 0 Å². The van der Waals surface area contributed by atoms with E-state index in [4.69, 9.17) is 4.74 Å². The average molecular weight is 699 g/mol. The highest BCUT2D eigenvalue weighted by atomic mass is 16.5. The second kappa shape index (κ2) is 11.3. The third-order valence-electron chi connectivity index (χ3n) is 12.6. The van der Waals surface area contributed by atoms with Crippen LogP contribution in [-0.2, 0) is 10.8 Å². The summed E-state index contributed by atoms with van der Waals surface area (Å²) < 4.78 is 7.10. The largest absolute Gasteiger partial charge is 0.456 e. The maximum atomic E-state index is 7.10. The van der Waals surface area contributed by atoms with Crippen LogP contribution in [0.4, 0.5) is 0 Å². The molecule has 0 saturated carbocycles. The smallest absolute Gasteiger partial charge is 0.140 e. The molecule has 0 radical (unpaired) electrons. The topological polar surface area (TPSA) is 9.23 Å². The minimum absolute atomic E-state index is 0.485. The second-order valence-corrected chi connectivity index (χ2v) is 15.0. The molecule has 2 aliphatic carbocycles. The number of benzene rings is 9. The van der Waals surface area contributed by atoms with Crippen LogP contribution in [0.3, 0.4) is 0 Å². The third-order valence-corrected chi connectivity index (χ3v) is 12.6. The van der Waals surface area contributed by atoms with Crippen LogP contribution in [0, 0.1) is 0 Å². The fourth-order valence-electron chi connectivity index (χ4n) is 10.6. The van der Waals surface area contributed by atoms with Gasteiger partial charge in [-0.2, -0.15) is 0 Å². The molecular weight excluding hydrogens is 665 g/mol. The van der Waals surface area contributed by atoms with E-state index >= 15 is 0 Å². The Hall–Kier alpha value is -6.96. The standard InChI is InChI=1S/C54H34O/c1-3-18-35(19-4-1)53(36-20-5-2-6-21-36)46-30-14-11-26-42(46)51-40(27-17-32-48(51)53)43-34-49-52(41-25-8-7-22-37(41)43)55-50-33-16-15-31-47(50)54(49)44-28-12-9-23-38(44)39-24-10-13-29-45(39)54/h1-34H. The van der Waals surface area contributed by atoms with Crippen LogP contribution >= 0.6 is 0 Å². The summed E-state index contributed by atoms with van der Waals surface area (Å²) >= 11 is 0. The summed E-state index contributed by atoms with van der Waals surface area (Å²) in [5.74, 6) is 1.84. The summed E-state index contributed by atoms with van der Waals surface area (Å²) in [7, 11) is 0. The highest BCUT2D eigenvalue weighted by Gasteiger charge is 2.52. The van der Waals surface area contributed by atoms with Crippen molar-refractivity contribution in [2.45, 2.75) is 10.8 Å². The summed E-state index contributed by atoms with van der Waals surface area (Å²) in [6.45, 7) is 0. The summed E-state index contributed by atoms with van der Waals surface area (Å²) in [6, 6.07) is 76.2. The van der Waals surface area contributed by atoms with Gasteiger partial charge >= 0.3 is 0 Å². The monoisotopic (exact) mass is 698 g/mol. The Morgan fingerprint density at radius 1 is 0.291 bits per heavy atom. The van der Waals surface area contributed by atoms with Gasteiger partial charge < -0.3 is 4.74 Å². The maximum Gasteiger partial charge on any atom is 0.140 e. The molecule has 256 valence electrons. The fourth-order valence-corrected chi connectivity index (χ4v) is 10.6. The number of ether oxygens (including phenoxy) is 1. The molecular formula is C54H34O. The molecule has 1 heterocycles. The van der Waals surface area contributed by atoms with E-state index in [1.165, 1.54) is 83.3 Å².